The summed E-state index contributed by atoms with van der Waals surface area (Å²) in [6.45, 7) is 6.25. The van der Waals surface area contributed by atoms with E-state index >= 15 is 0 Å². The highest BCUT2D eigenvalue weighted by atomic mass is 16.6. The fourth-order valence-electron chi connectivity index (χ4n) is 4.73. The molecule has 0 saturated heterocycles. The lowest BCUT2D eigenvalue weighted by Crippen LogP contribution is -2.40. The van der Waals surface area contributed by atoms with Gasteiger partial charge >= 0.3 is 12.2 Å². The van der Waals surface area contributed by atoms with Crippen molar-refractivity contribution in [2.45, 2.75) is 83.3 Å². The molecule has 0 aromatic heterocycles. The molecule has 1 saturated carbocycles. The minimum absolute atomic E-state index is 0.106. The predicted octanol–water partition coefficient (Wildman–Crippen LogP) is 5.64. The van der Waals surface area contributed by atoms with Crippen LogP contribution in [0.15, 0.2) is 42.5 Å². The van der Waals surface area contributed by atoms with Crippen molar-refractivity contribution in [3.63, 3.8) is 0 Å². The lowest BCUT2D eigenvalue weighted by molar-refractivity contribution is 0.0491. The van der Waals surface area contributed by atoms with Crippen LogP contribution in [0.1, 0.15) is 76.3 Å². The van der Waals surface area contributed by atoms with Gasteiger partial charge in [0.2, 0.25) is 0 Å². The van der Waals surface area contributed by atoms with Crippen LogP contribution >= 0.6 is 0 Å². The minimum Gasteiger partial charge on any atom is -0.444 e. The van der Waals surface area contributed by atoms with Crippen LogP contribution in [-0.2, 0) is 11.2 Å². The number of unbranched alkanes of at least 4 members (excludes halogenated alkanes) is 1. The molecule has 3 rings (SSSR count). The van der Waals surface area contributed by atoms with E-state index in [2.05, 4.69) is 23.5 Å². The fraction of sp³-hybridized carbons (Fsp3) is 0.500. The summed E-state index contributed by atoms with van der Waals surface area (Å²) in [4.78, 5) is 23.8. The molecule has 2 amide bonds. The van der Waals surface area contributed by atoms with Crippen LogP contribution in [0, 0.1) is 0 Å². The van der Waals surface area contributed by atoms with E-state index in [9.17, 15) is 9.59 Å². The summed E-state index contributed by atoms with van der Waals surface area (Å²) in [5, 5.41) is 3.01. The summed E-state index contributed by atoms with van der Waals surface area (Å²) in [6.07, 6.45) is 5.25. The van der Waals surface area contributed by atoms with Crippen LogP contribution in [0.25, 0.3) is 11.1 Å². The molecule has 1 aliphatic rings. The standard InChI is InChI=1S/C28H39N3O4/c1-28(2,3)35-27(33)31-21-14-12-20(13-15-21)22-9-4-5-10-23(22)24-16-11-19(8-6-7-17-29)18-25(24)34-26(30)32/h4-5,9-11,16,18,20-21H,6-8,12-15,17,29H2,1-3H3,(H2,30,32)(H,31,33)/t20-,21-. The van der Waals surface area contributed by atoms with Gasteiger partial charge in [0.1, 0.15) is 11.4 Å². The number of rotatable bonds is 8. The van der Waals surface area contributed by atoms with Gasteiger partial charge in [-0.1, -0.05) is 36.4 Å². The summed E-state index contributed by atoms with van der Waals surface area (Å²) in [5.41, 5.74) is 14.7. The third kappa shape index (κ3) is 7.99. The molecule has 5 N–H and O–H groups in total. The number of hydrogen-bond donors (Lipinski definition) is 3. The second kappa shape index (κ2) is 12.1. The molecule has 2 aromatic rings. The molecule has 35 heavy (non-hydrogen) atoms. The molecular weight excluding hydrogens is 442 g/mol. The largest absolute Gasteiger partial charge is 0.444 e. The third-order valence-corrected chi connectivity index (χ3v) is 6.31. The van der Waals surface area contributed by atoms with Gasteiger partial charge in [0, 0.05) is 11.6 Å². The predicted molar refractivity (Wildman–Crippen MR) is 138 cm³/mol. The van der Waals surface area contributed by atoms with Gasteiger partial charge in [-0.25, -0.2) is 9.59 Å². The van der Waals surface area contributed by atoms with E-state index in [4.69, 9.17) is 20.9 Å². The summed E-state index contributed by atoms with van der Waals surface area (Å²) in [7, 11) is 0. The Bertz CT molecular complexity index is 1010. The number of nitrogens with one attached hydrogen (secondary N) is 1. The van der Waals surface area contributed by atoms with Gasteiger partial charge in [0.25, 0.3) is 0 Å². The van der Waals surface area contributed by atoms with Crippen molar-refractivity contribution in [1.29, 1.82) is 0 Å². The molecule has 0 atom stereocenters. The first-order valence-corrected chi connectivity index (χ1v) is 12.6. The van der Waals surface area contributed by atoms with Crippen molar-refractivity contribution in [3.8, 4) is 16.9 Å². The average Bonchev–Trinajstić information content (AvgIpc) is 2.78. The second-order valence-corrected chi connectivity index (χ2v) is 10.3. The summed E-state index contributed by atoms with van der Waals surface area (Å²) >= 11 is 0. The zero-order valence-corrected chi connectivity index (χ0v) is 21.1. The highest BCUT2D eigenvalue weighted by Gasteiger charge is 2.27. The van der Waals surface area contributed by atoms with Crippen LogP contribution in [0.3, 0.4) is 0 Å². The number of carbonyl (C=O) groups excluding carboxylic acids is 2. The Labute approximate surface area is 208 Å². The van der Waals surface area contributed by atoms with Crippen molar-refractivity contribution >= 4 is 12.2 Å². The van der Waals surface area contributed by atoms with Crippen LogP contribution in [0.4, 0.5) is 9.59 Å². The van der Waals surface area contributed by atoms with E-state index in [0.29, 0.717) is 18.2 Å². The molecule has 1 fully saturated rings. The van der Waals surface area contributed by atoms with Crippen LogP contribution in [0.5, 0.6) is 5.75 Å². The molecule has 7 heteroatoms. The zero-order chi connectivity index (χ0) is 25.4. The maximum Gasteiger partial charge on any atom is 0.409 e. The molecule has 0 radical (unpaired) electrons. The van der Waals surface area contributed by atoms with Crippen LogP contribution in [-0.4, -0.2) is 30.4 Å². The van der Waals surface area contributed by atoms with Gasteiger partial charge in [-0.3, -0.25) is 0 Å². The monoisotopic (exact) mass is 481 g/mol. The molecule has 0 heterocycles. The Balaban J connectivity index is 1.77. The molecule has 1 aliphatic carbocycles. The molecule has 7 nitrogen and oxygen atoms in total. The van der Waals surface area contributed by atoms with E-state index in [1.165, 1.54) is 5.56 Å². The van der Waals surface area contributed by atoms with Gasteiger partial charge in [-0.15, -0.1) is 0 Å². The van der Waals surface area contributed by atoms with Crippen molar-refractivity contribution in [1.82, 2.24) is 5.32 Å². The number of alkyl carbamates (subject to hydrolysis) is 1. The van der Waals surface area contributed by atoms with Crippen molar-refractivity contribution in [2.24, 2.45) is 11.5 Å². The Hall–Kier alpha value is -3.06. The third-order valence-electron chi connectivity index (χ3n) is 6.31. The number of nitrogens with two attached hydrogens (primary N) is 2. The lowest BCUT2D eigenvalue weighted by atomic mass is 9.79. The number of aryl methyl sites for hydroxylation is 1. The molecule has 0 spiro atoms. The Morgan fingerprint density at radius 2 is 1.71 bits per heavy atom. The molecule has 2 aromatic carbocycles. The lowest BCUT2D eigenvalue weighted by Gasteiger charge is -2.31. The number of primary amides is 1. The number of ether oxygens (including phenoxy) is 2. The van der Waals surface area contributed by atoms with Crippen molar-refractivity contribution in [3.05, 3.63) is 53.6 Å². The smallest absolute Gasteiger partial charge is 0.409 e. The number of hydrogen-bond acceptors (Lipinski definition) is 5. The van der Waals surface area contributed by atoms with Crippen molar-refractivity contribution < 1.29 is 19.1 Å². The maximum absolute atomic E-state index is 12.2. The van der Waals surface area contributed by atoms with E-state index in [-0.39, 0.29) is 12.1 Å². The fourth-order valence-corrected chi connectivity index (χ4v) is 4.73. The van der Waals surface area contributed by atoms with Gasteiger partial charge in [-0.2, -0.15) is 0 Å². The summed E-state index contributed by atoms with van der Waals surface area (Å²) in [6, 6.07) is 14.4. The Morgan fingerprint density at radius 1 is 1.00 bits per heavy atom. The van der Waals surface area contributed by atoms with Crippen molar-refractivity contribution in [2.75, 3.05) is 6.54 Å². The minimum atomic E-state index is -0.823. The molecular formula is C28H39N3O4. The first kappa shape index (κ1) is 26.5. The Morgan fingerprint density at radius 3 is 2.37 bits per heavy atom. The van der Waals surface area contributed by atoms with E-state index < -0.39 is 11.7 Å². The quantitative estimate of drug-likeness (QED) is 0.422. The molecule has 0 aliphatic heterocycles. The highest BCUT2D eigenvalue weighted by molar-refractivity contribution is 5.78. The molecule has 190 valence electrons. The maximum atomic E-state index is 12.2. The topological polar surface area (TPSA) is 117 Å². The average molecular weight is 482 g/mol. The molecule has 0 unspecified atom stereocenters. The van der Waals surface area contributed by atoms with E-state index in [1.807, 2.05) is 45.0 Å². The normalized spacial score (nSPS) is 18.1. The second-order valence-electron chi connectivity index (χ2n) is 10.3. The van der Waals surface area contributed by atoms with Crippen LogP contribution < -0.4 is 21.5 Å². The molecule has 0 bridgehead atoms. The van der Waals surface area contributed by atoms with E-state index in [1.54, 1.807) is 0 Å². The van der Waals surface area contributed by atoms with Crippen LogP contribution in [0.2, 0.25) is 0 Å². The SMILES string of the molecule is CC(C)(C)OC(=O)N[C@H]1CC[C@H](c2ccccc2-c2ccc(CCCCN)cc2OC(N)=O)CC1. The number of benzene rings is 2. The zero-order valence-electron chi connectivity index (χ0n) is 21.1. The first-order chi connectivity index (χ1) is 16.7. The first-order valence-electron chi connectivity index (χ1n) is 12.6. The van der Waals surface area contributed by atoms with Gasteiger partial charge < -0.3 is 26.3 Å². The van der Waals surface area contributed by atoms with E-state index in [0.717, 1.165) is 61.6 Å². The Kier molecular flexibility index (Phi) is 9.15. The van der Waals surface area contributed by atoms with Gasteiger partial charge in [0.05, 0.1) is 0 Å². The highest BCUT2D eigenvalue weighted by Crippen LogP contribution is 2.41. The number of carbonyl (C=O) groups is 2. The van der Waals surface area contributed by atoms with Gasteiger partial charge in [-0.05, 0) is 101 Å². The van der Waals surface area contributed by atoms with Gasteiger partial charge in [0.15, 0.2) is 0 Å². The summed E-state index contributed by atoms with van der Waals surface area (Å²) in [5.74, 6) is 0.823. The number of amides is 2. The summed E-state index contributed by atoms with van der Waals surface area (Å²) < 4.78 is 10.8.